The molecule has 2 unspecified atom stereocenters. The van der Waals surface area contributed by atoms with E-state index in [1.807, 2.05) is 84.9 Å². The van der Waals surface area contributed by atoms with E-state index >= 15 is 17.6 Å². The van der Waals surface area contributed by atoms with Crippen molar-refractivity contribution in [3.8, 4) is 89.0 Å². The summed E-state index contributed by atoms with van der Waals surface area (Å²) in [6, 6.07) is 158. The molecule has 24 rings (SSSR count). The van der Waals surface area contributed by atoms with Crippen molar-refractivity contribution in [1.29, 1.82) is 0 Å². The molecule has 0 aromatic heterocycles. The predicted octanol–water partition coefficient (Wildman–Crippen LogP) is 38.8. The van der Waals surface area contributed by atoms with E-state index in [4.69, 9.17) is 0 Å². The van der Waals surface area contributed by atoms with Crippen molar-refractivity contribution in [3.05, 3.63) is 562 Å². The van der Waals surface area contributed by atoms with Gasteiger partial charge in [0.15, 0.2) is 0 Å². The van der Waals surface area contributed by atoms with Gasteiger partial charge in [0.1, 0.15) is 23.3 Å². The maximum absolute atomic E-state index is 17.6. The van der Waals surface area contributed by atoms with Crippen LogP contribution in [0.15, 0.2) is 461 Å². The van der Waals surface area contributed by atoms with E-state index in [0.29, 0.717) is 22.5 Å². The molecule has 0 aliphatic carbocycles. The van der Waals surface area contributed by atoms with E-state index in [1.54, 1.807) is 24.3 Å². The van der Waals surface area contributed by atoms with Gasteiger partial charge < -0.3 is 9.80 Å². The standard InChI is InChI=1S/2C69H51F2N/c1-43-15-11-21-50(39-43)55-34-36-60(70)68(66(55)52-23-13-17-45(3)41-52)64(47-19-7-5-8-20-47)58-32-27-48-29-33-59-62(38-30-49-28-31-57(58)63(48)65(49)59)72(54-25-9-6-10-26-54)69-61(71)37-35-56(51-22-12-16-44(2)40-51)67(69)53-24-14-18-46(4)42-53;1-43-15-23-47(24-16-43)55-38-40-60(70)68(63(55)50-27-19-45(3)20-28-50)65(49-11-7-5-8-12-49)58-36-31-51-33-37-59-62(42-34-52-32-35-57(58)64(51)66(52)59)72(54-13-9-6-10-14-54)69-61(71)41-39-56(48-25-17-44(2)18-26-48)67(69)53-29-21-46(4)22-30-53/h5-42,64H,1-4H3;5-42,65H,1-4H3. The van der Waals surface area contributed by atoms with Crippen LogP contribution in [0.2, 0.25) is 0 Å². The first-order chi connectivity index (χ1) is 70.4. The largest absolute Gasteiger partial charge is 0.307 e. The number of anilines is 6. The lowest BCUT2D eigenvalue weighted by Crippen LogP contribution is -2.14. The molecule has 0 aliphatic heterocycles. The monoisotopic (exact) mass is 1860 g/mol. The Hall–Kier alpha value is -17.3. The SMILES string of the molecule is Cc1ccc(-c2ccc(F)c(C(c3ccccc3)c3ccc4ccc5c(N(c6ccccc6)c6c(F)ccc(-c7ccc(C)cc7)c6-c6ccc(C)cc6)ccc6ccc3c4c65)c2-c2ccc(C)cc2)cc1.Cc1cccc(-c2ccc(F)c(C(c3ccccc3)c3ccc4ccc5c(N(c6ccccc6)c6c(F)ccc(-c7cccc(C)c7)c6-c6cccc(C)c6)ccc6ccc3c4c65)c2-c2cccc(C)c2)c1. The normalized spacial score (nSPS) is 12.0. The molecule has 6 heteroatoms. The molecule has 144 heavy (non-hydrogen) atoms. The van der Waals surface area contributed by atoms with Crippen LogP contribution in [0.3, 0.4) is 0 Å². The van der Waals surface area contributed by atoms with Gasteiger partial charge in [0.25, 0.3) is 0 Å². The van der Waals surface area contributed by atoms with Crippen LogP contribution >= 0.6 is 0 Å². The first kappa shape index (κ1) is 90.5. The number of hydrogen-bond acceptors (Lipinski definition) is 2. The van der Waals surface area contributed by atoms with E-state index in [-0.39, 0.29) is 23.3 Å². The zero-order valence-electron chi connectivity index (χ0n) is 81.4. The van der Waals surface area contributed by atoms with E-state index in [0.717, 1.165) is 243 Å². The van der Waals surface area contributed by atoms with Gasteiger partial charge in [-0.1, -0.05) is 445 Å². The molecular formula is C138H102F4N2. The summed E-state index contributed by atoms with van der Waals surface area (Å²) in [6.45, 7) is 16.7. The third-order valence-electron chi connectivity index (χ3n) is 29.1. The molecule has 0 radical (unpaired) electrons. The van der Waals surface area contributed by atoms with Gasteiger partial charge in [0, 0.05) is 56.2 Å². The molecule has 0 saturated heterocycles. The quantitative estimate of drug-likeness (QED) is 0.0426. The number of aryl methyl sites for hydroxylation is 8. The minimum atomic E-state index is -0.494. The number of halogens is 4. The van der Waals surface area contributed by atoms with Gasteiger partial charge in [-0.15, -0.1) is 0 Å². The maximum Gasteiger partial charge on any atom is 0.147 e. The summed E-state index contributed by atoms with van der Waals surface area (Å²) in [5.74, 6) is -2.17. The van der Waals surface area contributed by atoms with Gasteiger partial charge in [-0.25, -0.2) is 17.6 Å². The summed E-state index contributed by atoms with van der Waals surface area (Å²) in [7, 11) is 0. The van der Waals surface area contributed by atoms with Gasteiger partial charge in [-0.05, 0) is 270 Å². The van der Waals surface area contributed by atoms with Crippen LogP contribution in [0.5, 0.6) is 0 Å². The Morgan fingerprint density at radius 3 is 0.833 bits per heavy atom. The molecule has 0 bridgehead atoms. The highest BCUT2D eigenvalue weighted by atomic mass is 19.1. The Labute approximate surface area is 838 Å². The van der Waals surface area contributed by atoms with Crippen molar-refractivity contribution < 1.29 is 17.6 Å². The fourth-order valence-electron chi connectivity index (χ4n) is 22.4. The Balaban J connectivity index is 0.000000159. The van der Waals surface area contributed by atoms with E-state index < -0.39 is 11.8 Å². The van der Waals surface area contributed by atoms with Crippen molar-refractivity contribution in [2.24, 2.45) is 0 Å². The molecule has 2 atom stereocenters. The lowest BCUT2D eigenvalue weighted by Gasteiger charge is -2.31. The topological polar surface area (TPSA) is 6.48 Å². The van der Waals surface area contributed by atoms with Crippen LogP contribution in [0.1, 0.15) is 89.7 Å². The average molecular weight is 1860 g/mol. The Bertz CT molecular complexity index is 8470. The van der Waals surface area contributed by atoms with Gasteiger partial charge >= 0.3 is 0 Å². The average Bonchev–Trinajstić information content (AvgIpc) is 0.714. The molecule has 2 nitrogen and oxygen atoms in total. The Morgan fingerprint density at radius 1 is 0.188 bits per heavy atom. The highest BCUT2D eigenvalue weighted by Gasteiger charge is 2.35. The molecule has 0 fully saturated rings. The number of nitrogens with zero attached hydrogens (tertiary/aromatic N) is 2. The molecule has 692 valence electrons. The van der Waals surface area contributed by atoms with Crippen LogP contribution in [-0.4, -0.2) is 0 Å². The van der Waals surface area contributed by atoms with Gasteiger partial charge in [-0.3, -0.25) is 0 Å². The minimum Gasteiger partial charge on any atom is -0.307 e. The van der Waals surface area contributed by atoms with Crippen molar-refractivity contribution in [3.63, 3.8) is 0 Å². The minimum absolute atomic E-state index is 0.261. The van der Waals surface area contributed by atoms with Crippen LogP contribution in [0.4, 0.5) is 51.7 Å². The fourth-order valence-corrected chi connectivity index (χ4v) is 22.4. The van der Waals surface area contributed by atoms with Crippen molar-refractivity contribution in [2.75, 3.05) is 9.80 Å². The first-order valence-corrected chi connectivity index (χ1v) is 49.5. The molecule has 0 saturated carbocycles. The smallest absolute Gasteiger partial charge is 0.147 e. The molecule has 0 amide bonds. The second-order valence-electron chi connectivity index (χ2n) is 38.7. The predicted molar refractivity (Wildman–Crippen MR) is 599 cm³/mol. The summed E-state index contributed by atoms with van der Waals surface area (Å²) in [4.78, 5) is 4.23. The number of benzene rings is 24. The fraction of sp³-hybridized carbons (Fsp3) is 0.0725. The molecule has 0 heterocycles. The van der Waals surface area contributed by atoms with E-state index in [9.17, 15) is 0 Å². The van der Waals surface area contributed by atoms with Crippen LogP contribution in [0.25, 0.3) is 154 Å². The zero-order valence-corrected chi connectivity index (χ0v) is 81.4. The summed E-state index contributed by atoms with van der Waals surface area (Å²) >= 11 is 0. The zero-order chi connectivity index (χ0) is 98.1. The van der Waals surface area contributed by atoms with Crippen molar-refractivity contribution in [1.82, 2.24) is 0 Å². The lowest BCUT2D eigenvalue weighted by molar-refractivity contribution is 0.608. The first-order valence-electron chi connectivity index (χ1n) is 49.5. The molecule has 24 aromatic rings. The maximum atomic E-state index is 17.6. The lowest BCUT2D eigenvalue weighted by atomic mass is 9.76. The van der Waals surface area contributed by atoms with Crippen molar-refractivity contribution in [2.45, 2.75) is 67.2 Å². The molecule has 24 aromatic carbocycles. The molecule has 0 aliphatic rings. The van der Waals surface area contributed by atoms with Crippen LogP contribution in [0, 0.1) is 78.7 Å². The number of rotatable bonds is 20. The highest BCUT2D eigenvalue weighted by molar-refractivity contribution is 6.28. The van der Waals surface area contributed by atoms with Crippen LogP contribution < -0.4 is 9.80 Å². The second kappa shape index (κ2) is 38.0. The van der Waals surface area contributed by atoms with Gasteiger partial charge in [-0.2, -0.15) is 0 Å². The third-order valence-corrected chi connectivity index (χ3v) is 29.1. The summed E-state index contributed by atoms with van der Waals surface area (Å²) < 4.78 is 70.3. The number of hydrogen-bond donors (Lipinski definition) is 0. The summed E-state index contributed by atoms with van der Waals surface area (Å²) in [6.07, 6.45) is 0. The van der Waals surface area contributed by atoms with Crippen LogP contribution in [-0.2, 0) is 0 Å². The van der Waals surface area contributed by atoms with Gasteiger partial charge in [0.2, 0.25) is 0 Å². The second-order valence-corrected chi connectivity index (χ2v) is 38.7. The number of para-hydroxylation sites is 2. The third kappa shape index (κ3) is 16.6. The molecule has 0 N–H and O–H groups in total. The Morgan fingerprint density at radius 2 is 0.458 bits per heavy atom. The van der Waals surface area contributed by atoms with E-state index in [2.05, 4.69) is 417 Å². The Kier molecular flexibility index (Phi) is 23.9. The molecule has 0 spiro atoms. The van der Waals surface area contributed by atoms with Gasteiger partial charge in [0.05, 0.1) is 22.7 Å². The molecular weight excluding hydrogens is 1760 g/mol. The van der Waals surface area contributed by atoms with E-state index in [1.165, 1.54) is 0 Å². The van der Waals surface area contributed by atoms with Crippen molar-refractivity contribution >= 4 is 98.8 Å². The summed E-state index contributed by atoms with van der Waals surface area (Å²) in [5, 5.41) is 12.6. The summed E-state index contributed by atoms with van der Waals surface area (Å²) in [5.41, 5.74) is 33.6. The highest BCUT2D eigenvalue weighted by Crippen LogP contribution is 2.57.